The molecular weight excluding hydrogens is 252 g/mol. The van der Waals surface area contributed by atoms with Crippen LogP contribution in [0.1, 0.15) is 5.56 Å². The van der Waals surface area contributed by atoms with Crippen molar-refractivity contribution < 1.29 is 4.76 Å². The van der Waals surface area contributed by atoms with E-state index < -0.39 is 4.76 Å². The number of aliphatic imine (C=N–C) groups is 2. The topological polar surface area (TPSA) is 60.1 Å². The minimum Gasteiger partial charge on any atom is -0.598 e. The van der Waals surface area contributed by atoms with Crippen LogP contribution in [0, 0.1) is 5.21 Å². The molecule has 1 unspecified atom stereocenters. The number of hydrogen-bond donors (Lipinski definition) is 0. The van der Waals surface area contributed by atoms with Crippen LogP contribution in [0.4, 0.5) is 0 Å². The maximum atomic E-state index is 12.2. The molecule has 0 bridgehead atoms. The van der Waals surface area contributed by atoms with Crippen LogP contribution in [0.2, 0.25) is 0 Å². The molecule has 0 radical (unpaired) electrons. The SMILES string of the molecule is CN=C(C[N+]1([O-])C=NC=N1)c1ccc2ccccc2c1. The number of hydroxylamine groups is 2. The second-order valence-electron chi connectivity index (χ2n) is 4.64. The Balaban J connectivity index is 1.95. The van der Waals surface area contributed by atoms with Crippen LogP contribution in [0.5, 0.6) is 0 Å². The molecule has 0 saturated heterocycles. The Hall–Kier alpha value is -2.37. The first-order chi connectivity index (χ1) is 9.70. The number of rotatable bonds is 3. The Morgan fingerprint density at radius 3 is 2.70 bits per heavy atom. The molecule has 5 heteroatoms. The molecule has 1 heterocycles. The second-order valence-corrected chi connectivity index (χ2v) is 4.64. The zero-order valence-electron chi connectivity index (χ0n) is 11.1. The van der Waals surface area contributed by atoms with Gasteiger partial charge in [-0.2, -0.15) is 9.75 Å². The van der Waals surface area contributed by atoms with Crippen LogP contribution in [-0.4, -0.2) is 36.7 Å². The minimum atomic E-state index is -0.834. The van der Waals surface area contributed by atoms with Gasteiger partial charge in [0.25, 0.3) is 0 Å². The highest BCUT2D eigenvalue weighted by Crippen LogP contribution is 2.18. The normalized spacial score (nSPS) is 21.8. The summed E-state index contributed by atoms with van der Waals surface area (Å²) >= 11 is 0. The van der Waals surface area contributed by atoms with Crippen molar-refractivity contribution in [2.24, 2.45) is 15.1 Å². The molecule has 0 aliphatic carbocycles. The van der Waals surface area contributed by atoms with Crippen molar-refractivity contribution in [2.75, 3.05) is 13.6 Å². The molecule has 5 nitrogen and oxygen atoms in total. The first-order valence-corrected chi connectivity index (χ1v) is 6.32. The number of hydrogen-bond acceptors (Lipinski definition) is 4. The Kier molecular flexibility index (Phi) is 3.14. The Morgan fingerprint density at radius 1 is 1.20 bits per heavy atom. The van der Waals surface area contributed by atoms with E-state index in [9.17, 15) is 5.21 Å². The first-order valence-electron chi connectivity index (χ1n) is 6.32. The predicted octanol–water partition coefficient (Wildman–Crippen LogP) is 2.56. The summed E-state index contributed by atoms with van der Waals surface area (Å²) in [6.07, 6.45) is 2.55. The van der Waals surface area contributed by atoms with Gasteiger partial charge in [-0.1, -0.05) is 41.5 Å². The van der Waals surface area contributed by atoms with E-state index in [0.29, 0.717) is 0 Å². The van der Waals surface area contributed by atoms with Gasteiger partial charge >= 0.3 is 0 Å². The van der Waals surface area contributed by atoms with Crippen molar-refractivity contribution in [3.63, 3.8) is 0 Å². The highest BCUT2D eigenvalue weighted by atomic mass is 16.6. The average molecular weight is 266 g/mol. The molecule has 0 saturated carbocycles. The Labute approximate surface area is 116 Å². The highest BCUT2D eigenvalue weighted by molar-refractivity contribution is 6.04. The third-order valence-corrected chi connectivity index (χ3v) is 3.29. The van der Waals surface area contributed by atoms with Gasteiger partial charge in [0.1, 0.15) is 0 Å². The van der Waals surface area contributed by atoms with Gasteiger partial charge < -0.3 is 5.21 Å². The summed E-state index contributed by atoms with van der Waals surface area (Å²) in [6.45, 7) is 0.148. The molecule has 0 spiro atoms. The number of benzene rings is 2. The second kappa shape index (κ2) is 4.96. The fourth-order valence-corrected chi connectivity index (χ4v) is 2.24. The number of nitrogens with zero attached hydrogens (tertiary/aromatic N) is 4. The lowest BCUT2D eigenvalue weighted by molar-refractivity contribution is -0.775. The van der Waals surface area contributed by atoms with Crippen molar-refractivity contribution >= 4 is 29.2 Å². The Bertz CT molecular complexity index is 721. The number of quaternary nitrogens is 1. The first kappa shape index (κ1) is 12.7. The number of fused-ring (bicyclic) bond motifs is 1. The van der Waals surface area contributed by atoms with Crippen LogP contribution in [0.15, 0.2) is 57.6 Å². The van der Waals surface area contributed by atoms with E-state index in [1.54, 1.807) is 7.05 Å². The average Bonchev–Trinajstić information content (AvgIpc) is 2.91. The van der Waals surface area contributed by atoms with Crippen LogP contribution in [0.25, 0.3) is 10.8 Å². The van der Waals surface area contributed by atoms with E-state index in [1.165, 1.54) is 18.1 Å². The van der Waals surface area contributed by atoms with Crippen LogP contribution in [-0.2, 0) is 0 Å². The molecule has 1 atom stereocenters. The van der Waals surface area contributed by atoms with Gasteiger partial charge in [-0.25, -0.2) is 0 Å². The largest absolute Gasteiger partial charge is 0.598 e. The van der Waals surface area contributed by atoms with E-state index in [-0.39, 0.29) is 6.54 Å². The van der Waals surface area contributed by atoms with E-state index in [4.69, 9.17) is 0 Å². The van der Waals surface area contributed by atoms with E-state index >= 15 is 0 Å². The van der Waals surface area contributed by atoms with Gasteiger partial charge in [0.05, 0.1) is 5.71 Å². The van der Waals surface area contributed by atoms with Crippen LogP contribution in [0.3, 0.4) is 0 Å². The molecular formula is C15H14N4O. The van der Waals surface area contributed by atoms with E-state index in [2.05, 4.69) is 21.2 Å². The third-order valence-electron chi connectivity index (χ3n) is 3.29. The molecule has 0 fully saturated rings. The maximum absolute atomic E-state index is 12.2. The lowest BCUT2D eigenvalue weighted by Gasteiger charge is -2.27. The van der Waals surface area contributed by atoms with Gasteiger partial charge in [-0.15, -0.1) is 0 Å². The van der Waals surface area contributed by atoms with Gasteiger partial charge in [0.2, 0.25) is 6.34 Å². The van der Waals surface area contributed by atoms with E-state index in [0.717, 1.165) is 16.7 Å². The quantitative estimate of drug-likeness (QED) is 0.478. The molecule has 0 N–H and O–H groups in total. The fraction of sp³-hybridized carbons (Fsp3) is 0.133. The zero-order chi connectivity index (χ0) is 14.0. The van der Waals surface area contributed by atoms with Crippen LogP contribution < -0.4 is 0 Å². The fourth-order valence-electron chi connectivity index (χ4n) is 2.24. The highest BCUT2D eigenvalue weighted by Gasteiger charge is 2.21. The summed E-state index contributed by atoms with van der Waals surface area (Å²) in [5, 5.41) is 18.3. The van der Waals surface area contributed by atoms with E-state index in [1.807, 2.05) is 36.4 Å². The summed E-state index contributed by atoms with van der Waals surface area (Å²) in [5.74, 6) is 0. The maximum Gasteiger partial charge on any atom is 0.219 e. The molecule has 2 aromatic carbocycles. The lowest BCUT2D eigenvalue weighted by Crippen LogP contribution is -2.38. The van der Waals surface area contributed by atoms with Crippen LogP contribution >= 0.6 is 0 Å². The smallest absolute Gasteiger partial charge is 0.219 e. The van der Waals surface area contributed by atoms with Crippen molar-refractivity contribution in [2.45, 2.75) is 0 Å². The molecule has 0 amide bonds. The molecule has 1 aliphatic rings. The van der Waals surface area contributed by atoms with Crippen molar-refractivity contribution in [3.05, 3.63) is 53.2 Å². The summed E-state index contributed by atoms with van der Waals surface area (Å²) in [7, 11) is 1.69. The third kappa shape index (κ3) is 2.36. The van der Waals surface area contributed by atoms with Gasteiger partial charge in [0.15, 0.2) is 12.9 Å². The molecule has 0 aromatic heterocycles. The molecule has 20 heavy (non-hydrogen) atoms. The zero-order valence-corrected chi connectivity index (χ0v) is 11.1. The van der Waals surface area contributed by atoms with Crippen molar-refractivity contribution in [1.82, 2.24) is 0 Å². The summed E-state index contributed by atoms with van der Waals surface area (Å²) in [6, 6.07) is 14.2. The van der Waals surface area contributed by atoms with Gasteiger partial charge in [-0.3, -0.25) is 4.99 Å². The monoisotopic (exact) mass is 266 g/mol. The summed E-state index contributed by atoms with van der Waals surface area (Å²) < 4.78 is -0.834. The lowest BCUT2D eigenvalue weighted by atomic mass is 10.0. The van der Waals surface area contributed by atoms with Crippen molar-refractivity contribution in [3.8, 4) is 0 Å². The molecule has 2 aromatic rings. The molecule has 1 aliphatic heterocycles. The van der Waals surface area contributed by atoms with Gasteiger partial charge in [0, 0.05) is 12.6 Å². The minimum absolute atomic E-state index is 0.148. The Morgan fingerprint density at radius 2 is 2.00 bits per heavy atom. The summed E-state index contributed by atoms with van der Waals surface area (Å²) in [5.41, 5.74) is 1.66. The predicted molar refractivity (Wildman–Crippen MR) is 81.9 cm³/mol. The summed E-state index contributed by atoms with van der Waals surface area (Å²) in [4.78, 5) is 7.99. The van der Waals surface area contributed by atoms with Crippen molar-refractivity contribution in [1.29, 1.82) is 0 Å². The molecule has 100 valence electrons. The standard InChI is InChI=1S/C15H14N4O/c1-16-15(9-19(20)11-17-10-18-19)14-7-6-12-4-2-3-5-13(12)8-14/h2-8,10-11H,9H2,1H3. The molecule has 3 rings (SSSR count). The van der Waals surface area contributed by atoms with Gasteiger partial charge in [-0.05, 0) is 16.8 Å².